The first-order chi connectivity index (χ1) is 12.0. The van der Waals surface area contributed by atoms with Crippen LogP contribution in [0.1, 0.15) is 24.2 Å². The molecule has 0 saturated heterocycles. The zero-order chi connectivity index (χ0) is 18.2. The molecule has 2 rings (SSSR count). The fourth-order valence-electron chi connectivity index (χ4n) is 1.85. The van der Waals surface area contributed by atoms with E-state index in [2.05, 4.69) is 20.8 Å². The van der Waals surface area contributed by atoms with E-state index in [1.54, 1.807) is 38.3 Å². The number of methoxy groups -OCH3 is 1. The van der Waals surface area contributed by atoms with E-state index in [4.69, 9.17) is 4.74 Å². The number of hydrogen-bond donors (Lipinski definition) is 2. The predicted octanol–water partition coefficient (Wildman–Crippen LogP) is 2.92. The van der Waals surface area contributed by atoms with E-state index in [0.717, 1.165) is 0 Å². The molecule has 1 atom stereocenters. The highest BCUT2D eigenvalue weighted by molar-refractivity contribution is 8.02. The molecule has 25 heavy (non-hydrogen) atoms. The molecule has 0 aliphatic heterocycles. The molecule has 2 aromatic rings. The molecule has 9 heteroatoms. The number of amides is 1. The van der Waals surface area contributed by atoms with E-state index in [0.29, 0.717) is 33.9 Å². The highest BCUT2D eigenvalue weighted by Crippen LogP contribution is 2.29. The Kier molecular flexibility index (Phi) is 7.35. The van der Waals surface area contributed by atoms with Gasteiger partial charge in [0.2, 0.25) is 11.0 Å². The second-order valence-electron chi connectivity index (χ2n) is 5.18. The van der Waals surface area contributed by atoms with Gasteiger partial charge in [-0.15, -0.1) is 10.2 Å². The zero-order valence-electron chi connectivity index (χ0n) is 14.2. The summed E-state index contributed by atoms with van der Waals surface area (Å²) >= 11 is 2.73. The van der Waals surface area contributed by atoms with Gasteiger partial charge < -0.3 is 15.4 Å². The minimum atomic E-state index is -0.347. The van der Waals surface area contributed by atoms with Crippen LogP contribution in [0.15, 0.2) is 28.6 Å². The van der Waals surface area contributed by atoms with Crippen molar-refractivity contribution >= 4 is 45.6 Å². The smallest absolute Gasteiger partial charge is 0.237 e. The van der Waals surface area contributed by atoms with Gasteiger partial charge in [-0.2, -0.15) is 0 Å². The van der Waals surface area contributed by atoms with Gasteiger partial charge in [-0.25, -0.2) is 0 Å². The molecule has 0 aliphatic rings. The molecule has 0 bridgehead atoms. The third-order valence-corrected chi connectivity index (χ3v) is 5.24. The van der Waals surface area contributed by atoms with Crippen LogP contribution < -0.4 is 10.6 Å². The Morgan fingerprint density at radius 2 is 2.16 bits per heavy atom. The molecule has 7 nitrogen and oxygen atoms in total. The first-order valence-electron chi connectivity index (χ1n) is 7.64. The Balaban J connectivity index is 1.90. The van der Waals surface area contributed by atoms with Gasteiger partial charge in [-0.1, -0.05) is 35.2 Å². The van der Waals surface area contributed by atoms with Crippen LogP contribution >= 0.6 is 23.1 Å². The molecular weight excluding hydrogens is 360 g/mol. The quantitative estimate of drug-likeness (QED) is 0.392. The molecule has 1 aromatic heterocycles. The van der Waals surface area contributed by atoms with Crippen molar-refractivity contribution in [2.24, 2.45) is 0 Å². The average Bonchev–Trinajstić information content (AvgIpc) is 3.02. The molecule has 1 aromatic carbocycles. The Hall–Kier alpha value is -1.97. The van der Waals surface area contributed by atoms with Gasteiger partial charge in [0, 0.05) is 24.9 Å². The standard InChI is InChI=1S/C16H20N4O3S2/c1-10(21)12-5-4-6-13(9-12)18-14(22)11(2)24-16-20-19-15(25-16)17-7-8-23-3/h4-6,9,11H,7-8H2,1-3H3,(H,17,19)(H,18,22)/t11-/m1/s1. The maximum absolute atomic E-state index is 12.3. The van der Waals surface area contributed by atoms with Crippen molar-refractivity contribution < 1.29 is 14.3 Å². The summed E-state index contributed by atoms with van der Waals surface area (Å²) in [6.07, 6.45) is 0. The highest BCUT2D eigenvalue weighted by atomic mass is 32.2. The maximum atomic E-state index is 12.3. The first-order valence-corrected chi connectivity index (χ1v) is 9.34. The molecule has 0 unspecified atom stereocenters. The van der Waals surface area contributed by atoms with E-state index in [9.17, 15) is 9.59 Å². The summed E-state index contributed by atoms with van der Waals surface area (Å²) in [5, 5.41) is 14.4. The number of thioether (sulfide) groups is 1. The minimum Gasteiger partial charge on any atom is -0.383 e. The van der Waals surface area contributed by atoms with Gasteiger partial charge in [0.25, 0.3) is 0 Å². The van der Waals surface area contributed by atoms with E-state index in [1.165, 1.54) is 30.0 Å². The number of rotatable bonds is 9. The number of Topliss-reactive ketones (excluding diaryl/α,β-unsaturated/α-hetero) is 1. The number of anilines is 2. The van der Waals surface area contributed by atoms with Crippen LogP contribution in [0.25, 0.3) is 0 Å². The van der Waals surface area contributed by atoms with Crippen molar-refractivity contribution in [1.29, 1.82) is 0 Å². The number of carbonyl (C=O) groups is 2. The van der Waals surface area contributed by atoms with Crippen LogP contribution in [0.3, 0.4) is 0 Å². The van der Waals surface area contributed by atoms with Crippen molar-refractivity contribution in [2.75, 3.05) is 30.9 Å². The Morgan fingerprint density at radius 1 is 1.36 bits per heavy atom. The molecule has 134 valence electrons. The minimum absolute atomic E-state index is 0.0408. The fraction of sp³-hybridized carbons (Fsp3) is 0.375. The highest BCUT2D eigenvalue weighted by Gasteiger charge is 2.17. The number of carbonyl (C=O) groups excluding carboxylic acids is 2. The summed E-state index contributed by atoms with van der Waals surface area (Å²) in [4.78, 5) is 23.7. The van der Waals surface area contributed by atoms with Crippen LogP contribution in [0.2, 0.25) is 0 Å². The van der Waals surface area contributed by atoms with Crippen molar-refractivity contribution in [3.05, 3.63) is 29.8 Å². The summed E-state index contributed by atoms with van der Waals surface area (Å²) in [7, 11) is 1.63. The third-order valence-electron chi connectivity index (χ3n) is 3.17. The summed E-state index contributed by atoms with van der Waals surface area (Å²) in [5.74, 6) is -0.198. The number of nitrogens with one attached hydrogen (secondary N) is 2. The third kappa shape index (κ3) is 6.11. The van der Waals surface area contributed by atoms with E-state index in [-0.39, 0.29) is 16.9 Å². The second-order valence-corrected chi connectivity index (χ2v) is 7.74. The summed E-state index contributed by atoms with van der Waals surface area (Å²) in [6, 6.07) is 6.88. The zero-order valence-corrected chi connectivity index (χ0v) is 15.9. The van der Waals surface area contributed by atoms with Crippen LogP contribution in [-0.4, -0.2) is 47.4 Å². The van der Waals surface area contributed by atoms with E-state index >= 15 is 0 Å². The Bertz CT molecular complexity index is 736. The predicted molar refractivity (Wildman–Crippen MR) is 101 cm³/mol. The summed E-state index contributed by atoms with van der Waals surface area (Å²) < 4.78 is 5.67. The lowest BCUT2D eigenvalue weighted by Crippen LogP contribution is -2.22. The number of nitrogens with zero attached hydrogens (tertiary/aromatic N) is 2. The number of benzene rings is 1. The SMILES string of the molecule is COCCNc1nnc(S[C@H](C)C(=O)Nc2cccc(C(C)=O)c2)s1. The van der Waals surface area contributed by atoms with Crippen molar-refractivity contribution in [2.45, 2.75) is 23.4 Å². The molecule has 0 radical (unpaired) electrons. The molecule has 0 aliphatic carbocycles. The Morgan fingerprint density at radius 3 is 2.88 bits per heavy atom. The lowest BCUT2D eigenvalue weighted by Gasteiger charge is -2.10. The number of ketones is 1. The summed E-state index contributed by atoms with van der Waals surface area (Å²) in [5.41, 5.74) is 1.17. The van der Waals surface area contributed by atoms with E-state index < -0.39 is 0 Å². The van der Waals surface area contributed by atoms with Crippen molar-refractivity contribution in [3.8, 4) is 0 Å². The van der Waals surface area contributed by atoms with E-state index in [1.807, 2.05) is 0 Å². The lowest BCUT2D eigenvalue weighted by molar-refractivity contribution is -0.115. The second kappa shape index (κ2) is 9.50. The van der Waals surface area contributed by atoms with Crippen molar-refractivity contribution in [1.82, 2.24) is 10.2 Å². The first kappa shape index (κ1) is 19.4. The molecule has 0 fully saturated rings. The van der Waals surface area contributed by atoms with Crippen LogP contribution in [0, 0.1) is 0 Å². The van der Waals surface area contributed by atoms with Crippen LogP contribution in [0.5, 0.6) is 0 Å². The fourth-order valence-corrected chi connectivity index (χ4v) is 3.78. The lowest BCUT2D eigenvalue weighted by atomic mass is 10.1. The van der Waals surface area contributed by atoms with Gasteiger partial charge in [0.05, 0.1) is 11.9 Å². The van der Waals surface area contributed by atoms with Crippen LogP contribution in [-0.2, 0) is 9.53 Å². The molecule has 2 N–H and O–H groups in total. The largest absolute Gasteiger partial charge is 0.383 e. The van der Waals surface area contributed by atoms with Gasteiger partial charge >= 0.3 is 0 Å². The molecule has 1 amide bonds. The van der Waals surface area contributed by atoms with Gasteiger partial charge in [0.1, 0.15) is 0 Å². The van der Waals surface area contributed by atoms with Gasteiger partial charge in [0.15, 0.2) is 10.1 Å². The molecule has 0 spiro atoms. The molecular formula is C16H20N4O3S2. The normalized spacial score (nSPS) is 11.8. The number of hydrogen-bond acceptors (Lipinski definition) is 8. The van der Waals surface area contributed by atoms with Gasteiger partial charge in [-0.3, -0.25) is 9.59 Å². The topological polar surface area (TPSA) is 93.2 Å². The van der Waals surface area contributed by atoms with Gasteiger partial charge in [-0.05, 0) is 26.0 Å². The average molecular weight is 380 g/mol. The monoisotopic (exact) mass is 380 g/mol. The molecule has 1 heterocycles. The number of ether oxygens (including phenoxy) is 1. The summed E-state index contributed by atoms with van der Waals surface area (Å²) in [6.45, 7) is 4.53. The van der Waals surface area contributed by atoms with Crippen LogP contribution in [0.4, 0.5) is 10.8 Å². The Labute approximate surface area is 154 Å². The maximum Gasteiger partial charge on any atom is 0.237 e. The molecule has 0 saturated carbocycles. The number of aromatic nitrogens is 2. The van der Waals surface area contributed by atoms with Crippen molar-refractivity contribution in [3.63, 3.8) is 0 Å².